The maximum atomic E-state index is 10.5. The Morgan fingerprint density at radius 3 is 2.17 bits per heavy atom. The van der Waals surface area contributed by atoms with Gasteiger partial charge in [0.15, 0.2) is 6.29 Å². The molecule has 2 fully saturated rings. The van der Waals surface area contributed by atoms with Crippen LogP contribution in [0, 0.1) is 0 Å². The molecule has 2 saturated heterocycles. The van der Waals surface area contributed by atoms with Crippen LogP contribution in [-0.4, -0.2) is 79.9 Å². The summed E-state index contributed by atoms with van der Waals surface area (Å²) in [7, 11) is 2.92. The molecule has 0 aromatic heterocycles. The van der Waals surface area contributed by atoms with Gasteiger partial charge in [-0.3, -0.25) is 0 Å². The van der Waals surface area contributed by atoms with Crippen LogP contribution < -0.4 is 0 Å². The lowest BCUT2D eigenvalue weighted by molar-refractivity contribution is -0.479. The van der Waals surface area contributed by atoms with Crippen molar-refractivity contribution in [1.82, 2.24) is 0 Å². The number of methoxy groups -OCH3 is 2. The van der Waals surface area contributed by atoms with Gasteiger partial charge in [-0.15, -0.1) is 6.58 Å². The Morgan fingerprint density at radius 1 is 1.13 bits per heavy atom. The lowest BCUT2D eigenvalue weighted by atomic mass is 9.94. The van der Waals surface area contributed by atoms with Crippen LogP contribution in [0.2, 0.25) is 0 Å². The van der Waals surface area contributed by atoms with E-state index in [0.29, 0.717) is 0 Å². The van der Waals surface area contributed by atoms with Gasteiger partial charge in [0.2, 0.25) is 11.6 Å². The summed E-state index contributed by atoms with van der Waals surface area (Å²) < 4.78 is 33.8. The Labute approximate surface area is 135 Å². The molecule has 0 spiro atoms. The van der Waals surface area contributed by atoms with Gasteiger partial charge in [0.1, 0.15) is 24.4 Å². The molecule has 0 radical (unpaired) electrons. The fourth-order valence-corrected chi connectivity index (χ4v) is 2.82. The topological polar surface area (TPSA) is 95.8 Å². The normalized spacial score (nSPS) is 47.1. The van der Waals surface area contributed by atoms with Crippen LogP contribution in [0.15, 0.2) is 12.7 Å². The minimum atomic E-state index is -1.26. The van der Waals surface area contributed by atoms with E-state index in [1.807, 2.05) is 0 Å². The van der Waals surface area contributed by atoms with Crippen LogP contribution in [0.4, 0.5) is 0 Å². The zero-order valence-corrected chi connectivity index (χ0v) is 13.9. The van der Waals surface area contributed by atoms with Crippen molar-refractivity contribution < 1.29 is 38.6 Å². The lowest BCUT2D eigenvalue weighted by Gasteiger charge is -2.56. The number of aliphatic hydroxyl groups is 2. The van der Waals surface area contributed by atoms with Crippen molar-refractivity contribution in [1.29, 1.82) is 0 Å². The smallest absolute Gasteiger partial charge is 0.220 e. The molecule has 2 aliphatic rings. The largest absolute Gasteiger partial charge is 0.394 e. The predicted molar refractivity (Wildman–Crippen MR) is 78.5 cm³/mol. The van der Waals surface area contributed by atoms with E-state index in [2.05, 4.69) is 6.58 Å². The van der Waals surface area contributed by atoms with E-state index in [-0.39, 0.29) is 13.2 Å². The number of rotatable bonds is 6. The first-order valence-corrected chi connectivity index (χ1v) is 7.48. The summed E-state index contributed by atoms with van der Waals surface area (Å²) in [5.41, 5.74) is 0. The van der Waals surface area contributed by atoms with Crippen LogP contribution in [0.1, 0.15) is 13.8 Å². The summed E-state index contributed by atoms with van der Waals surface area (Å²) in [4.78, 5) is 0. The monoisotopic (exact) mass is 334 g/mol. The molecule has 2 N–H and O–H groups in total. The van der Waals surface area contributed by atoms with Gasteiger partial charge in [-0.05, 0) is 13.8 Å². The van der Waals surface area contributed by atoms with E-state index in [1.54, 1.807) is 13.8 Å². The van der Waals surface area contributed by atoms with Gasteiger partial charge >= 0.3 is 0 Å². The maximum Gasteiger partial charge on any atom is 0.220 e. The number of aliphatic hydroxyl groups excluding tert-OH is 2. The van der Waals surface area contributed by atoms with Crippen LogP contribution >= 0.6 is 0 Å². The second kappa shape index (κ2) is 7.12. The third-order valence-corrected chi connectivity index (χ3v) is 4.50. The Bertz CT molecular complexity index is 418. The highest BCUT2D eigenvalue weighted by atomic mass is 16.8. The molecule has 8 heteroatoms. The molecule has 8 nitrogen and oxygen atoms in total. The zero-order valence-electron chi connectivity index (χ0n) is 13.9. The van der Waals surface area contributed by atoms with Crippen molar-refractivity contribution in [2.75, 3.05) is 27.4 Å². The highest BCUT2D eigenvalue weighted by Gasteiger charge is 2.62. The van der Waals surface area contributed by atoms with E-state index >= 15 is 0 Å². The van der Waals surface area contributed by atoms with Crippen molar-refractivity contribution in [3.8, 4) is 0 Å². The number of fused-ring (bicyclic) bond motifs is 1. The van der Waals surface area contributed by atoms with Crippen molar-refractivity contribution in [2.24, 2.45) is 0 Å². The molecule has 23 heavy (non-hydrogen) atoms. The first-order valence-electron chi connectivity index (χ1n) is 7.48. The van der Waals surface area contributed by atoms with Gasteiger partial charge in [-0.1, -0.05) is 6.08 Å². The molecular formula is C15H26O8. The summed E-state index contributed by atoms with van der Waals surface area (Å²) >= 11 is 0. The van der Waals surface area contributed by atoms with Gasteiger partial charge < -0.3 is 38.6 Å². The average Bonchev–Trinajstić information content (AvgIpc) is 2.56. The molecule has 0 saturated carbocycles. The fraction of sp³-hybridized carbons (Fsp3) is 0.867. The van der Waals surface area contributed by atoms with Gasteiger partial charge in [0.25, 0.3) is 0 Å². The average molecular weight is 334 g/mol. The highest BCUT2D eigenvalue weighted by Crippen LogP contribution is 2.43. The molecular weight excluding hydrogens is 308 g/mol. The summed E-state index contributed by atoms with van der Waals surface area (Å²) in [6, 6.07) is 0. The second-order valence-corrected chi connectivity index (χ2v) is 5.80. The van der Waals surface area contributed by atoms with Crippen molar-refractivity contribution in [2.45, 2.75) is 56.1 Å². The summed E-state index contributed by atoms with van der Waals surface area (Å²) in [6.45, 7) is 6.73. The Hall–Kier alpha value is -0.580. The molecule has 2 aliphatic heterocycles. The third kappa shape index (κ3) is 3.18. The van der Waals surface area contributed by atoms with Crippen molar-refractivity contribution in [3.63, 3.8) is 0 Å². The summed E-state index contributed by atoms with van der Waals surface area (Å²) in [5, 5.41) is 20.1. The van der Waals surface area contributed by atoms with E-state index < -0.39 is 42.3 Å². The minimum absolute atomic E-state index is 0.190. The molecule has 0 unspecified atom stereocenters. The first-order chi connectivity index (χ1) is 10.9. The van der Waals surface area contributed by atoms with Crippen LogP contribution in [0.25, 0.3) is 0 Å². The van der Waals surface area contributed by atoms with Gasteiger partial charge in [0, 0.05) is 14.2 Å². The quantitative estimate of drug-likeness (QED) is 0.644. The molecule has 0 bridgehead atoms. The van der Waals surface area contributed by atoms with E-state index in [1.165, 1.54) is 20.3 Å². The molecule has 2 rings (SSSR count). The summed E-state index contributed by atoms with van der Waals surface area (Å²) in [5.74, 6) is -2.50. The third-order valence-electron chi connectivity index (χ3n) is 4.50. The van der Waals surface area contributed by atoms with E-state index in [9.17, 15) is 10.2 Å². The molecule has 7 atom stereocenters. The molecule has 0 aliphatic carbocycles. The van der Waals surface area contributed by atoms with Gasteiger partial charge in [-0.2, -0.15) is 0 Å². The number of hydrogen-bond donors (Lipinski definition) is 2. The Kier molecular flexibility index (Phi) is 5.81. The summed E-state index contributed by atoms with van der Waals surface area (Å²) in [6.07, 6.45) is -2.86. The lowest BCUT2D eigenvalue weighted by Crippen LogP contribution is -2.73. The predicted octanol–water partition coefficient (Wildman–Crippen LogP) is -0.224. The number of ether oxygens (including phenoxy) is 6. The van der Waals surface area contributed by atoms with Crippen LogP contribution in [-0.2, 0) is 28.4 Å². The van der Waals surface area contributed by atoms with Crippen molar-refractivity contribution >= 4 is 0 Å². The van der Waals surface area contributed by atoms with Crippen LogP contribution in [0.3, 0.4) is 0 Å². The first kappa shape index (κ1) is 18.8. The maximum absolute atomic E-state index is 10.5. The van der Waals surface area contributed by atoms with E-state index in [4.69, 9.17) is 28.4 Å². The van der Waals surface area contributed by atoms with Gasteiger partial charge in [0.05, 0.1) is 13.2 Å². The zero-order chi connectivity index (χ0) is 17.3. The molecule has 0 amide bonds. The number of hydrogen-bond acceptors (Lipinski definition) is 8. The fourth-order valence-electron chi connectivity index (χ4n) is 2.82. The van der Waals surface area contributed by atoms with Gasteiger partial charge in [-0.25, -0.2) is 0 Å². The van der Waals surface area contributed by atoms with Crippen molar-refractivity contribution in [3.05, 3.63) is 12.7 Å². The second-order valence-electron chi connectivity index (χ2n) is 5.80. The van der Waals surface area contributed by atoms with Crippen LogP contribution in [0.5, 0.6) is 0 Å². The standard InChI is InChI=1S/C15H26O8/c1-6-7-20-13-10(17)12-11(9(8-16)21-13)22-14(2,18-4)15(3,19-5)23-12/h6,9-13,16-17H,1,7-8H2,2-5H3/t9-,10+,11-,12-,13+,14+,15+/m1/s1. The Balaban J connectivity index is 2.28. The SMILES string of the molecule is C=CCO[C@H]1O[C@H](CO)[C@H]2O[C@](C)(OC)[C@@](C)(OC)O[C@@H]2[C@@H]1O. The molecule has 2 heterocycles. The Morgan fingerprint density at radius 2 is 1.70 bits per heavy atom. The molecule has 0 aromatic rings. The molecule has 0 aromatic carbocycles. The molecule has 134 valence electrons. The highest BCUT2D eigenvalue weighted by molar-refractivity contribution is 5.00. The minimum Gasteiger partial charge on any atom is -0.394 e. The van der Waals surface area contributed by atoms with E-state index in [0.717, 1.165) is 0 Å².